The Kier molecular flexibility index (Phi) is 3.75. The number of aromatic nitrogens is 1. The van der Waals surface area contributed by atoms with Gasteiger partial charge >= 0.3 is 0 Å². The molecule has 6 nitrogen and oxygen atoms in total. The Morgan fingerprint density at radius 3 is 2.83 bits per heavy atom. The first-order valence-electron chi connectivity index (χ1n) is 5.32. The number of anilines is 1. The summed E-state index contributed by atoms with van der Waals surface area (Å²) >= 11 is 1.23. The zero-order chi connectivity index (χ0) is 13.1. The lowest BCUT2D eigenvalue weighted by molar-refractivity contribution is 0.0884. The van der Waals surface area contributed by atoms with E-state index in [1.807, 2.05) is 0 Å². The van der Waals surface area contributed by atoms with E-state index in [-0.39, 0.29) is 13.2 Å². The number of nitrogen functional groups attached to an aromatic ring is 1. The van der Waals surface area contributed by atoms with Gasteiger partial charge in [0.2, 0.25) is 0 Å². The van der Waals surface area contributed by atoms with Gasteiger partial charge in [-0.1, -0.05) is 0 Å². The van der Waals surface area contributed by atoms with Crippen molar-refractivity contribution in [1.29, 1.82) is 0 Å². The zero-order valence-corrected chi connectivity index (χ0v) is 10.3. The third-order valence-corrected chi connectivity index (χ3v) is 3.67. The Morgan fingerprint density at radius 2 is 2.22 bits per heavy atom. The van der Waals surface area contributed by atoms with Crippen molar-refractivity contribution in [1.82, 2.24) is 10.3 Å². The average molecular weight is 267 g/mol. The lowest BCUT2D eigenvalue weighted by atomic mass is 10.2. The molecule has 5 N–H and O–H groups in total. The molecular formula is C11H13N3O3S. The number of hydrogen-bond acceptors (Lipinski definition) is 6. The molecule has 7 heteroatoms. The molecule has 0 spiro atoms. The maximum Gasteiger partial charge on any atom is 0.263 e. The SMILES string of the molecule is Nc1c(C(=O)NC(CO)CO)sc2cnccc12. The highest BCUT2D eigenvalue weighted by molar-refractivity contribution is 7.21. The number of thiophene rings is 1. The third-order valence-electron chi connectivity index (χ3n) is 2.51. The molecule has 0 saturated heterocycles. The van der Waals surface area contributed by atoms with E-state index in [2.05, 4.69) is 10.3 Å². The van der Waals surface area contributed by atoms with E-state index in [1.54, 1.807) is 18.5 Å². The third kappa shape index (κ3) is 2.28. The van der Waals surface area contributed by atoms with Crippen molar-refractivity contribution in [3.8, 4) is 0 Å². The van der Waals surface area contributed by atoms with Gasteiger partial charge in [-0.2, -0.15) is 0 Å². The van der Waals surface area contributed by atoms with Gasteiger partial charge < -0.3 is 21.3 Å². The minimum atomic E-state index is -0.680. The summed E-state index contributed by atoms with van der Waals surface area (Å²) in [5.74, 6) is -0.401. The van der Waals surface area contributed by atoms with Gasteiger partial charge in [-0.3, -0.25) is 9.78 Å². The molecule has 0 bridgehead atoms. The molecule has 2 aromatic rings. The van der Waals surface area contributed by atoms with Crippen LogP contribution in [0, 0.1) is 0 Å². The Bertz CT molecular complexity index is 566. The highest BCUT2D eigenvalue weighted by Crippen LogP contribution is 2.32. The van der Waals surface area contributed by atoms with Crippen LogP contribution in [0.3, 0.4) is 0 Å². The number of amides is 1. The van der Waals surface area contributed by atoms with Crippen LogP contribution in [0.5, 0.6) is 0 Å². The highest BCUT2D eigenvalue weighted by Gasteiger charge is 2.18. The molecule has 2 heterocycles. The van der Waals surface area contributed by atoms with Gasteiger partial charge in [0.05, 0.1) is 29.6 Å². The van der Waals surface area contributed by atoms with E-state index in [9.17, 15) is 4.79 Å². The first-order chi connectivity index (χ1) is 8.67. The Hall–Kier alpha value is -1.70. The van der Waals surface area contributed by atoms with Gasteiger partial charge in [0.25, 0.3) is 5.91 Å². The van der Waals surface area contributed by atoms with Gasteiger partial charge in [0, 0.05) is 17.8 Å². The van der Waals surface area contributed by atoms with Crippen LogP contribution in [0.4, 0.5) is 5.69 Å². The van der Waals surface area contributed by atoms with Crippen molar-refractivity contribution in [2.45, 2.75) is 6.04 Å². The fourth-order valence-corrected chi connectivity index (χ4v) is 2.53. The zero-order valence-electron chi connectivity index (χ0n) is 9.46. The number of aliphatic hydroxyl groups excluding tert-OH is 2. The van der Waals surface area contributed by atoms with Gasteiger partial charge in [0.15, 0.2) is 0 Å². The van der Waals surface area contributed by atoms with Gasteiger partial charge in [-0.05, 0) is 6.07 Å². The van der Waals surface area contributed by atoms with Crippen molar-refractivity contribution in [2.24, 2.45) is 0 Å². The minimum absolute atomic E-state index is 0.325. The van der Waals surface area contributed by atoms with Gasteiger partial charge in [0.1, 0.15) is 4.88 Å². The average Bonchev–Trinajstić information content (AvgIpc) is 2.74. The summed E-state index contributed by atoms with van der Waals surface area (Å²) in [7, 11) is 0. The highest BCUT2D eigenvalue weighted by atomic mass is 32.1. The monoisotopic (exact) mass is 267 g/mol. The normalized spacial score (nSPS) is 11.1. The Balaban J connectivity index is 2.30. The molecule has 18 heavy (non-hydrogen) atoms. The van der Waals surface area contributed by atoms with Crippen LogP contribution in [0.2, 0.25) is 0 Å². The van der Waals surface area contributed by atoms with E-state index >= 15 is 0 Å². The summed E-state index contributed by atoms with van der Waals surface area (Å²) in [6, 6.07) is 1.06. The first-order valence-corrected chi connectivity index (χ1v) is 6.13. The molecule has 0 saturated carbocycles. The number of hydrogen-bond donors (Lipinski definition) is 4. The van der Waals surface area contributed by atoms with E-state index in [4.69, 9.17) is 15.9 Å². The van der Waals surface area contributed by atoms with Crippen LogP contribution in [-0.4, -0.2) is 40.4 Å². The molecule has 0 aliphatic rings. The molecule has 0 fully saturated rings. The molecule has 96 valence electrons. The maximum atomic E-state index is 11.9. The second-order valence-electron chi connectivity index (χ2n) is 3.75. The van der Waals surface area contributed by atoms with Crippen molar-refractivity contribution in [2.75, 3.05) is 18.9 Å². The molecule has 2 rings (SSSR count). The number of nitrogens with two attached hydrogens (primary N) is 1. The number of carbonyl (C=O) groups is 1. The lowest BCUT2D eigenvalue weighted by Gasteiger charge is -2.12. The lowest BCUT2D eigenvalue weighted by Crippen LogP contribution is -2.39. The summed E-state index contributed by atoms with van der Waals surface area (Å²) in [5.41, 5.74) is 6.29. The topological polar surface area (TPSA) is 108 Å². The summed E-state index contributed by atoms with van der Waals surface area (Å²) in [6.45, 7) is -0.650. The number of carbonyl (C=O) groups excluding carboxylic acids is 1. The molecule has 0 atom stereocenters. The smallest absolute Gasteiger partial charge is 0.263 e. The second kappa shape index (κ2) is 5.30. The number of fused-ring (bicyclic) bond motifs is 1. The summed E-state index contributed by atoms with van der Waals surface area (Å²) in [4.78, 5) is 16.3. The Morgan fingerprint density at radius 1 is 1.50 bits per heavy atom. The minimum Gasteiger partial charge on any atom is -0.397 e. The predicted octanol–water partition coefficient (Wildman–Crippen LogP) is -0.0385. The maximum absolute atomic E-state index is 11.9. The summed E-state index contributed by atoms with van der Waals surface area (Å²) in [5, 5.41) is 21.1. The molecule has 0 aliphatic heterocycles. The number of nitrogens with zero attached hydrogens (tertiary/aromatic N) is 1. The number of aliphatic hydroxyl groups is 2. The molecule has 0 unspecified atom stereocenters. The number of pyridine rings is 1. The fraction of sp³-hybridized carbons (Fsp3) is 0.273. The quantitative estimate of drug-likeness (QED) is 0.621. The van der Waals surface area contributed by atoms with E-state index in [0.29, 0.717) is 10.6 Å². The van der Waals surface area contributed by atoms with Gasteiger partial charge in [-0.15, -0.1) is 11.3 Å². The van der Waals surface area contributed by atoms with Crippen LogP contribution in [0.25, 0.3) is 10.1 Å². The molecule has 0 radical (unpaired) electrons. The largest absolute Gasteiger partial charge is 0.397 e. The van der Waals surface area contributed by atoms with Crippen molar-refractivity contribution < 1.29 is 15.0 Å². The molecule has 2 aromatic heterocycles. The van der Waals surface area contributed by atoms with E-state index in [0.717, 1.165) is 10.1 Å². The van der Waals surface area contributed by atoms with Gasteiger partial charge in [-0.25, -0.2) is 0 Å². The summed E-state index contributed by atoms with van der Waals surface area (Å²) in [6.07, 6.45) is 3.25. The molecule has 0 aliphatic carbocycles. The molecule has 0 aromatic carbocycles. The predicted molar refractivity (Wildman–Crippen MR) is 69.5 cm³/mol. The number of rotatable bonds is 4. The second-order valence-corrected chi connectivity index (χ2v) is 4.80. The summed E-state index contributed by atoms with van der Waals surface area (Å²) < 4.78 is 0.824. The van der Waals surface area contributed by atoms with Crippen LogP contribution < -0.4 is 11.1 Å². The van der Waals surface area contributed by atoms with Crippen LogP contribution in [0.15, 0.2) is 18.5 Å². The number of nitrogens with one attached hydrogen (secondary N) is 1. The van der Waals surface area contributed by atoms with E-state index in [1.165, 1.54) is 11.3 Å². The van der Waals surface area contributed by atoms with Crippen molar-refractivity contribution in [3.63, 3.8) is 0 Å². The van der Waals surface area contributed by atoms with Crippen molar-refractivity contribution in [3.05, 3.63) is 23.3 Å². The first kappa shape index (κ1) is 12.7. The van der Waals surface area contributed by atoms with Crippen molar-refractivity contribution >= 4 is 33.0 Å². The van der Waals surface area contributed by atoms with Crippen LogP contribution in [0.1, 0.15) is 9.67 Å². The molecular weight excluding hydrogens is 254 g/mol. The van der Waals surface area contributed by atoms with E-state index < -0.39 is 11.9 Å². The fourth-order valence-electron chi connectivity index (χ4n) is 1.54. The molecule has 1 amide bonds. The Labute approximate surface area is 107 Å². The standard InChI is InChI=1S/C11H13N3O3S/c12-9-7-1-2-13-3-8(7)18-10(9)11(17)14-6(4-15)5-16/h1-3,6,15-16H,4-5,12H2,(H,14,17). The van der Waals surface area contributed by atoms with Crippen LogP contribution in [-0.2, 0) is 0 Å². The van der Waals surface area contributed by atoms with Crippen LogP contribution >= 0.6 is 11.3 Å².